The minimum Gasteiger partial charge on any atom is -0.383 e. The molecule has 1 aromatic carbocycles. The Morgan fingerprint density at radius 1 is 1.30 bits per heavy atom. The van der Waals surface area contributed by atoms with Crippen LogP contribution < -0.4 is 0 Å². The molecule has 1 aromatic heterocycles. The molecule has 1 N–H and O–H groups in total. The van der Waals surface area contributed by atoms with Gasteiger partial charge in [-0.25, -0.2) is 4.39 Å². The number of aliphatic hydroxyl groups is 1. The fraction of sp³-hybridized carbons (Fsp3) is 0.273. The standard InChI is InChI=1S/C11H7BrF4N2O2/c12-6-1-5(2-7(13)3-6)10-17-9(20-18-10)4-8(19)11(14,15)16/h1-3,8,19H,4H2. The molecule has 0 amide bonds. The smallest absolute Gasteiger partial charge is 0.383 e. The van der Waals surface area contributed by atoms with Crippen molar-refractivity contribution in [3.8, 4) is 11.4 Å². The van der Waals surface area contributed by atoms with Crippen molar-refractivity contribution in [2.24, 2.45) is 0 Å². The van der Waals surface area contributed by atoms with Crippen LogP contribution in [0.3, 0.4) is 0 Å². The van der Waals surface area contributed by atoms with Crippen molar-refractivity contribution in [1.82, 2.24) is 10.1 Å². The van der Waals surface area contributed by atoms with Gasteiger partial charge in [-0.2, -0.15) is 18.2 Å². The SMILES string of the molecule is OC(Cc1nc(-c2cc(F)cc(Br)c2)no1)C(F)(F)F. The summed E-state index contributed by atoms with van der Waals surface area (Å²) in [7, 11) is 0. The fourth-order valence-electron chi connectivity index (χ4n) is 1.42. The molecule has 0 aliphatic rings. The molecular formula is C11H7BrF4N2O2. The first-order chi connectivity index (χ1) is 9.25. The van der Waals surface area contributed by atoms with Crippen LogP contribution in [-0.4, -0.2) is 27.5 Å². The summed E-state index contributed by atoms with van der Waals surface area (Å²) in [5, 5.41) is 12.3. The van der Waals surface area contributed by atoms with E-state index in [1.165, 1.54) is 12.1 Å². The number of halogens is 5. The second-order valence-electron chi connectivity index (χ2n) is 3.93. The highest BCUT2D eigenvalue weighted by atomic mass is 79.9. The molecule has 0 bridgehead atoms. The van der Waals surface area contributed by atoms with Gasteiger partial charge in [0.05, 0.1) is 6.42 Å². The zero-order valence-electron chi connectivity index (χ0n) is 9.66. The number of aliphatic hydroxyl groups excluding tert-OH is 1. The van der Waals surface area contributed by atoms with Crippen molar-refractivity contribution < 1.29 is 27.2 Å². The summed E-state index contributed by atoms with van der Waals surface area (Å²) in [5.41, 5.74) is 0.244. The third-order valence-electron chi connectivity index (χ3n) is 2.33. The van der Waals surface area contributed by atoms with E-state index >= 15 is 0 Å². The van der Waals surface area contributed by atoms with Gasteiger partial charge in [0.15, 0.2) is 6.10 Å². The van der Waals surface area contributed by atoms with Crippen molar-refractivity contribution in [2.75, 3.05) is 0 Å². The van der Waals surface area contributed by atoms with Gasteiger partial charge >= 0.3 is 6.18 Å². The molecule has 0 spiro atoms. The van der Waals surface area contributed by atoms with E-state index < -0.39 is 24.5 Å². The highest BCUT2D eigenvalue weighted by Crippen LogP contribution is 2.25. The summed E-state index contributed by atoms with van der Waals surface area (Å²) >= 11 is 3.07. The zero-order valence-corrected chi connectivity index (χ0v) is 11.2. The molecule has 4 nitrogen and oxygen atoms in total. The maximum Gasteiger partial charge on any atom is 0.414 e. The van der Waals surface area contributed by atoms with Gasteiger partial charge in [0.25, 0.3) is 0 Å². The molecular weight excluding hydrogens is 348 g/mol. The van der Waals surface area contributed by atoms with E-state index in [0.29, 0.717) is 4.47 Å². The molecule has 1 atom stereocenters. The minimum atomic E-state index is -4.77. The molecule has 20 heavy (non-hydrogen) atoms. The molecule has 1 unspecified atom stereocenters. The highest BCUT2D eigenvalue weighted by molar-refractivity contribution is 9.10. The lowest BCUT2D eigenvalue weighted by Gasteiger charge is -2.11. The maximum absolute atomic E-state index is 13.2. The third-order valence-corrected chi connectivity index (χ3v) is 2.79. The van der Waals surface area contributed by atoms with Crippen molar-refractivity contribution in [3.63, 3.8) is 0 Å². The van der Waals surface area contributed by atoms with Crippen LogP contribution in [0.4, 0.5) is 17.6 Å². The van der Waals surface area contributed by atoms with Gasteiger partial charge in [-0.05, 0) is 18.2 Å². The van der Waals surface area contributed by atoms with Gasteiger partial charge in [0.2, 0.25) is 11.7 Å². The van der Waals surface area contributed by atoms with E-state index in [2.05, 4.69) is 30.6 Å². The number of nitrogens with zero attached hydrogens (tertiary/aromatic N) is 2. The summed E-state index contributed by atoms with van der Waals surface area (Å²) in [6.45, 7) is 0. The van der Waals surface area contributed by atoms with Crippen LogP contribution in [-0.2, 0) is 6.42 Å². The predicted octanol–water partition coefficient (Wildman–Crippen LogP) is 3.10. The Hall–Kier alpha value is -1.48. The minimum absolute atomic E-state index is 0.0606. The first-order valence-electron chi connectivity index (χ1n) is 5.29. The second kappa shape index (κ2) is 5.49. The van der Waals surface area contributed by atoms with Gasteiger partial charge in [-0.15, -0.1) is 0 Å². The van der Waals surface area contributed by atoms with E-state index in [-0.39, 0.29) is 17.3 Å². The Bertz CT molecular complexity index is 594. The summed E-state index contributed by atoms with van der Waals surface area (Å²) < 4.78 is 54.7. The largest absolute Gasteiger partial charge is 0.414 e. The average molecular weight is 355 g/mol. The molecule has 0 fully saturated rings. The Labute approximate surface area is 118 Å². The Kier molecular flexibility index (Phi) is 4.09. The Morgan fingerprint density at radius 3 is 2.60 bits per heavy atom. The number of hydrogen-bond acceptors (Lipinski definition) is 4. The predicted molar refractivity (Wildman–Crippen MR) is 63.2 cm³/mol. The molecule has 9 heteroatoms. The third kappa shape index (κ3) is 3.54. The normalized spacial score (nSPS) is 13.5. The highest BCUT2D eigenvalue weighted by Gasteiger charge is 2.39. The van der Waals surface area contributed by atoms with E-state index in [1.54, 1.807) is 0 Å². The van der Waals surface area contributed by atoms with Gasteiger partial charge in [-0.3, -0.25) is 0 Å². The van der Waals surface area contributed by atoms with Gasteiger partial charge in [0, 0.05) is 10.0 Å². The van der Waals surface area contributed by atoms with E-state index in [4.69, 9.17) is 5.11 Å². The van der Waals surface area contributed by atoms with Crippen LogP contribution >= 0.6 is 15.9 Å². The second-order valence-corrected chi connectivity index (χ2v) is 4.85. The molecule has 0 aliphatic carbocycles. The molecule has 0 saturated heterocycles. The average Bonchev–Trinajstić information content (AvgIpc) is 2.75. The van der Waals surface area contributed by atoms with Crippen LogP contribution in [0.25, 0.3) is 11.4 Å². The first kappa shape index (κ1) is 14.9. The molecule has 1 heterocycles. The lowest BCUT2D eigenvalue weighted by Crippen LogP contribution is -2.30. The quantitative estimate of drug-likeness (QED) is 0.860. The molecule has 108 valence electrons. The van der Waals surface area contributed by atoms with Crippen LogP contribution in [0.2, 0.25) is 0 Å². The Morgan fingerprint density at radius 2 is 2.00 bits per heavy atom. The number of rotatable bonds is 3. The summed E-state index contributed by atoms with van der Waals surface area (Å²) in [6.07, 6.45) is -8.21. The molecule has 0 saturated carbocycles. The van der Waals surface area contributed by atoms with Crippen molar-refractivity contribution >= 4 is 15.9 Å². The van der Waals surface area contributed by atoms with Gasteiger partial charge in [-0.1, -0.05) is 21.1 Å². The number of aromatic nitrogens is 2. The zero-order chi connectivity index (χ0) is 14.9. The summed E-state index contributed by atoms with van der Waals surface area (Å²) in [5.74, 6) is -1.00. The summed E-state index contributed by atoms with van der Waals surface area (Å²) in [4.78, 5) is 3.69. The van der Waals surface area contributed by atoms with Crippen LogP contribution in [0.15, 0.2) is 27.2 Å². The molecule has 0 radical (unpaired) electrons. The van der Waals surface area contributed by atoms with E-state index in [1.807, 2.05) is 0 Å². The molecule has 2 aromatic rings. The lowest BCUT2D eigenvalue weighted by molar-refractivity contribution is -0.204. The lowest BCUT2D eigenvalue weighted by atomic mass is 10.2. The van der Waals surface area contributed by atoms with Crippen molar-refractivity contribution in [1.29, 1.82) is 0 Å². The number of hydrogen-bond donors (Lipinski definition) is 1. The molecule has 0 aliphatic heterocycles. The maximum atomic E-state index is 13.2. The topological polar surface area (TPSA) is 59.2 Å². The fourth-order valence-corrected chi connectivity index (χ4v) is 1.88. The number of alkyl halides is 3. The number of benzene rings is 1. The van der Waals surface area contributed by atoms with E-state index in [0.717, 1.165) is 6.07 Å². The van der Waals surface area contributed by atoms with Gasteiger partial charge < -0.3 is 9.63 Å². The van der Waals surface area contributed by atoms with Gasteiger partial charge in [0.1, 0.15) is 5.82 Å². The Balaban J connectivity index is 2.21. The van der Waals surface area contributed by atoms with Crippen LogP contribution in [0.1, 0.15) is 5.89 Å². The summed E-state index contributed by atoms with van der Waals surface area (Å²) in [6, 6.07) is 3.80. The van der Waals surface area contributed by atoms with Crippen molar-refractivity contribution in [3.05, 3.63) is 34.4 Å². The monoisotopic (exact) mass is 354 g/mol. The van der Waals surface area contributed by atoms with Crippen LogP contribution in [0.5, 0.6) is 0 Å². The first-order valence-corrected chi connectivity index (χ1v) is 6.09. The molecule has 2 rings (SSSR count). The van der Waals surface area contributed by atoms with Crippen LogP contribution in [0, 0.1) is 5.82 Å². The van der Waals surface area contributed by atoms with E-state index in [9.17, 15) is 17.6 Å². The van der Waals surface area contributed by atoms with Crippen molar-refractivity contribution in [2.45, 2.75) is 18.7 Å².